The number of hydrogen-bond acceptors (Lipinski definition) is 2. The van der Waals surface area contributed by atoms with Crippen molar-refractivity contribution in [2.24, 2.45) is 0 Å². The molecule has 0 unspecified atom stereocenters. The summed E-state index contributed by atoms with van der Waals surface area (Å²) in [7, 11) is 0. The van der Waals surface area contributed by atoms with Gasteiger partial charge in [0.2, 0.25) is 0 Å². The van der Waals surface area contributed by atoms with Gasteiger partial charge in [-0.1, -0.05) is 0 Å². The van der Waals surface area contributed by atoms with E-state index < -0.39 is 5.92 Å². The van der Waals surface area contributed by atoms with E-state index in [1.165, 1.54) is 0 Å². The molecule has 0 N–H and O–H groups in total. The molecule has 0 atom stereocenters. The van der Waals surface area contributed by atoms with Crippen molar-refractivity contribution >= 4 is 15.9 Å². The van der Waals surface area contributed by atoms with E-state index in [0.29, 0.717) is 6.04 Å². The number of halogens is 3. The van der Waals surface area contributed by atoms with E-state index in [4.69, 9.17) is 0 Å². The maximum Gasteiger partial charge on any atom is 0.251 e. The van der Waals surface area contributed by atoms with E-state index in [1.807, 2.05) is 10.9 Å². The van der Waals surface area contributed by atoms with Gasteiger partial charge in [0.05, 0.1) is 16.7 Å². The largest absolute Gasteiger partial charge is 0.296 e. The van der Waals surface area contributed by atoms with E-state index in [9.17, 15) is 8.78 Å². The van der Waals surface area contributed by atoms with Crippen LogP contribution in [0.4, 0.5) is 8.78 Å². The van der Waals surface area contributed by atoms with Crippen LogP contribution in [-0.4, -0.2) is 39.7 Å². The highest BCUT2D eigenvalue weighted by Crippen LogP contribution is 2.43. The average molecular weight is 292 g/mol. The summed E-state index contributed by atoms with van der Waals surface area (Å²) in [4.78, 5) is 2.12. The molecule has 2 aliphatic rings. The fraction of sp³-hybridized carbons (Fsp3) is 0.700. The zero-order valence-corrected chi connectivity index (χ0v) is 10.2. The molecule has 2 heterocycles. The Morgan fingerprint density at radius 1 is 1.31 bits per heavy atom. The predicted octanol–water partition coefficient (Wildman–Crippen LogP) is 2.30. The lowest BCUT2D eigenvalue weighted by molar-refractivity contribution is -0.142. The Kier molecular flexibility index (Phi) is 2.33. The second-order valence-electron chi connectivity index (χ2n) is 4.66. The minimum atomic E-state index is -2.41. The number of nitrogens with zero attached hydrogens (tertiary/aromatic N) is 3. The van der Waals surface area contributed by atoms with Crippen molar-refractivity contribution in [3.63, 3.8) is 0 Å². The van der Waals surface area contributed by atoms with Gasteiger partial charge in [-0.25, -0.2) is 8.78 Å². The maximum atomic E-state index is 12.7. The van der Waals surface area contributed by atoms with Gasteiger partial charge in [0, 0.05) is 38.2 Å². The van der Waals surface area contributed by atoms with Crippen molar-refractivity contribution in [2.75, 3.05) is 13.1 Å². The van der Waals surface area contributed by atoms with Crippen LogP contribution in [0, 0.1) is 0 Å². The first-order valence-electron chi connectivity index (χ1n) is 5.35. The minimum absolute atomic E-state index is 0.0303. The normalized spacial score (nSPS) is 26.4. The predicted molar refractivity (Wildman–Crippen MR) is 58.5 cm³/mol. The summed E-state index contributed by atoms with van der Waals surface area (Å²) in [6, 6.07) is 0.436. The molecule has 0 spiro atoms. The van der Waals surface area contributed by atoms with Crippen LogP contribution in [0.1, 0.15) is 18.9 Å². The van der Waals surface area contributed by atoms with Crippen LogP contribution in [-0.2, 0) is 0 Å². The molecule has 6 heteroatoms. The lowest BCUT2D eigenvalue weighted by Gasteiger charge is -2.50. The molecule has 1 aliphatic carbocycles. The highest BCUT2D eigenvalue weighted by molar-refractivity contribution is 9.10. The van der Waals surface area contributed by atoms with Crippen LogP contribution in [0.15, 0.2) is 16.9 Å². The summed E-state index contributed by atoms with van der Waals surface area (Å²) in [6.45, 7) is 1.68. The quantitative estimate of drug-likeness (QED) is 0.834. The Bertz CT molecular complexity index is 393. The van der Waals surface area contributed by atoms with Crippen LogP contribution >= 0.6 is 15.9 Å². The number of alkyl halides is 2. The van der Waals surface area contributed by atoms with Crippen molar-refractivity contribution < 1.29 is 8.78 Å². The van der Waals surface area contributed by atoms with Gasteiger partial charge in [-0.15, -0.1) is 0 Å². The molecule has 1 aromatic heterocycles. The molecule has 0 aromatic carbocycles. The van der Waals surface area contributed by atoms with Gasteiger partial charge >= 0.3 is 0 Å². The molecule has 2 fully saturated rings. The molecule has 1 saturated heterocycles. The van der Waals surface area contributed by atoms with Crippen LogP contribution in [0.2, 0.25) is 0 Å². The zero-order chi connectivity index (χ0) is 11.3. The standard InChI is InChI=1S/C10H12BrF2N3/c11-7-3-14-16(4-7)9-5-15(6-9)8-1-10(12,13)2-8/h3-4,8-9H,1-2,5-6H2. The van der Waals surface area contributed by atoms with Gasteiger partial charge in [0.1, 0.15) is 0 Å². The minimum Gasteiger partial charge on any atom is -0.296 e. The van der Waals surface area contributed by atoms with Gasteiger partial charge in [-0.2, -0.15) is 5.10 Å². The molecule has 3 rings (SSSR count). The van der Waals surface area contributed by atoms with E-state index in [-0.39, 0.29) is 18.9 Å². The Hall–Kier alpha value is -0.490. The van der Waals surface area contributed by atoms with Gasteiger partial charge in [0.15, 0.2) is 0 Å². The summed E-state index contributed by atoms with van der Waals surface area (Å²) in [5.41, 5.74) is 0. The third kappa shape index (κ3) is 1.78. The molecular formula is C10H12BrF2N3. The summed E-state index contributed by atoms with van der Waals surface area (Å²) in [5, 5.41) is 4.20. The van der Waals surface area contributed by atoms with Gasteiger partial charge in [-0.3, -0.25) is 9.58 Å². The average Bonchev–Trinajstić information content (AvgIpc) is 2.46. The molecular weight excluding hydrogens is 280 g/mol. The molecule has 3 nitrogen and oxygen atoms in total. The van der Waals surface area contributed by atoms with Gasteiger partial charge in [-0.05, 0) is 15.9 Å². The van der Waals surface area contributed by atoms with Crippen molar-refractivity contribution in [3.8, 4) is 0 Å². The van der Waals surface area contributed by atoms with Crippen LogP contribution in [0.3, 0.4) is 0 Å². The third-order valence-electron chi connectivity index (χ3n) is 3.42. The van der Waals surface area contributed by atoms with Crippen molar-refractivity contribution in [3.05, 3.63) is 16.9 Å². The topological polar surface area (TPSA) is 21.1 Å². The van der Waals surface area contributed by atoms with E-state index in [0.717, 1.165) is 17.6 Å². The first kappa shape index (κ1) is 10.7. The Labute approximate surface area is 101 Å². The molecule has 1 aromatic rings. The SMILES string of the molecule is FC1(F)CC(N2CC(n3cc(Br)cn3)C2)C1. The second kappa shape index (κ2) is 3.50. The summed E-state index contributed by atoms with van der Waals surface area (Å²) in [5.74, 6) is -2.41. The summed E-state index contributed by atoms with van der Waals surface area (Å²) >= 11 is 3.34. The highest BCUT2D eigenvalue weighted by Gasteiger charge is 2.50. The van der Waals surface area contributed by atoms with Gasteiger partial charge in [0.25, 0.3) is 5.92 Å². The fourth-order valence-corrected chi connectivity index (χ4v) is 2.66. The molecule has 1 aliphatic heterocycles. The lowest BCUT2D eigenvalue weighted by Crippen LogP contribution is -2.59. The zero-order valence-electron chi connectivity index (χ0n) is 8.61. The molecule has 1 saturated carbocycles. The maximum absolute atomic E-state index is 12.7. The van der Waals surface area contributed by atoms with E-state index in [2.05, 4.69) is 25.9 Å². The van der Waals surface area contributed by atoms with Crippen molar-refractivity contribution in [1.29, 1.82) is 0 Å². The first-order valence-corrected chi connectivity index (χ1v) is 6.14. The van der Waals surface area contributed by atoms with Crippen molar-refractivity contribution in [1.82, 2.24) is 14.7 Å². The number of aromatic nitrogens is 2. The Morgan fingerprint density at radius 2 is 2.00 bits per heavy atom. The molecule has 0 amide bonds. The highest BCUT2D eigenvalue weighted by atomic mass is 79.9. The third-order valence-corrected chi connectivity index (χ3v) is 3.83. The first-order chi connectivity index (χ1) is 7.53. The van der Waals surface area contributed by atoms with Crippen molar-refractivity contribution in [2.45, 2.75) is 30.8 Å². The molecule has 16 heavy (non-hydrogen) atoms. The molecule has 88 valence electrons. The number of hydrogen-bond donors (Lipinski definition) is 0. The van der Waals surface area contributed by atoms with E-state index >= 15 is 0 Å². The smallest absolute Gasteiger partial charge is 0.251 e. The van der Waals surface area contributed by atoms with Gasteiger partial charge < -0.3 is 0 Å². The number of likely N-dealkylation sites (tertiary alicyclic amines) is 1. The van der Waals surface area contributed by atoms with Crippen LogP contribution < -0.4 is 0 Å². The summed E-state index contributed by atoms with van der Waals surface area (Å²) < 4.78 is 28.2. The second-order valence-corrected chi connectivity index (χ2v) is 5.58. The lowest BCUT2D eigenvalue weighted by atomic mass is 9.84. The number of rotatable bonds is 2. The Balaban J connectivity index is 1.52. The van der Waals surface area contributed by atoms with Crippen LogP contribution in [0.25, 0.3) is 0 Å². The molecule has 0 bridgehead atoms. The summed E-state index contributed by atoms with van der Waals surface area (Å²) in [6.07, 6.45) is 3.74. The Morgan fingerprint density at radius 3 is 2.50 bits per heavy atom. The van der Waals surface area contributed by atoms with Crippen LogP contribution in [0.5, 0.6) is 0 Å². The fourth-order valence-electron chi connectivity index (χ4n) is 2.36. The van der Waals surface area contributed by atoms with E-state index in [1.54, 1.807) is 6.20 Å². The monoisotopic (exact) mass is 291 g/mol. The molecule has 0 radical (unpaired) electrons.